The van der Waals surface area contributed by atoms with Crippen LogP contribution in [0.25, 0.3) is 0 Å². The molecule has 24 heavy (non-hydrogen) atoms. The molecule has 6 heteroatoms. The molecular formula is C18H16Cl2O4. The molecule has 0 spiro atoms. The summed E-state index contributed by atoms with van der Waals surface area (Å²) in [5.41, 5.74) is 2.24. The van der Waals surface area contributed by atoms with E-state index < -0.39 is 0 Å². The average molecular weight is 367 g/mol. The zero-order valence-electron chi connectivity index (χ0n) is 13.3. The summed E-state index contributed by atoms with van der Waals surface area (Å²) in [4.78, 5) is 0. The maximum Gasteiger partial charge on any atom is 0.231 e. The largest absolute Gasteiger partial charge is 0.492 e. The predicted molar refractivity (Wildman–Crippen MR) is 92.2 cm³/mol. The van der Waals surface area contributed by atoms with Crippen LogP contribution in [0.1, 0.15) is 29.4 Å². The molecule has 0 amide bonds. The zero-order valence-corrected chi connectivity index (χ0v) is 14.8. The lowest BCUT2D eigenvalue weighted by molar-refractivity contribution is 0.170. The lowest BCUT2D eigenvalue weighted by Gasteiger charge is -2.15. The topological polar surface area (TPSA) is 36.9 Å². The number of fused-ring (bicyclic) bond motifs is 1. The standard InChI is InChI=1S/C18H16Cl2O4/c1-21-16-12(7-15-17(18(16)22-2)24-8-23-15)11-6-10(11)9-3-4-13(19)14(20)5-9/h3-5,7,10-11H,6,8H2,1-2H3. The first-order valence-electron chi connectivity index (χ1n) is 7.63. The van der Waals surface area contributed by atoms with Crippen LogP contribution < -0.4 is 18.9 Å². The molecule has 2 unspecified atom stereocenters. The van der Waals surface area contributed by atoms with E-state index in [9.17, 15) is 0 Å². The minimum absolute atomic E-state index is 0.194. The Morgan fingerprint density at radius 1 is 0.958 bits per heavy atom. The molecule has 0 aromatic heterocycles. The first kappa shape index (κ1) is 15.7. The third-order valence-electron chi connectivity index (χ3n) is 4.57. The summed E-state index contributed by atoms with van der Waals surface area (Å²) in [5, 5.41) is 1.15. The number of benzene rings is 2. The predicted octanol–water partition coefficient (Wildman–Crippen LogP) is 5.01. The van der Waals surface area contributed by atoms with Crippen molar-refractivity contribution in [1.29, 1.82) is 0 Å². The third kappa shape index (κ3) is 2.45. The second kappa shape index (κ2) is 5.94. The van der Waals surface area contributed by atoms with Crippen LogP contribution in [-0.2, 0) is 0 Å². The van der Waals surface area contributed by atoms with E-state index in [1.165, 1.54) is 5.56 Å². The van der Waals surface area contributed by atoms with Gasteiger partial charge >= 0.3 is 0 Å². The molecule has 0 saturated heterocycles. The van der Waals surface area contributed by atoms with E-state index in [-0.39, 0.29) is 6.79 Å². The van der Waals surface area contributed by atoms with Gasteiger partial charge in [-0.25, -0.2) is 0 Å². The number of hydrogen-bond donors (Lipinski definition) is 0. The van der Waals surface area contributed by atoms with Crippen molar-refractivity contribution in [3.05, 3.63) is 45.4 Å². The van der Waals surface area contributed by atoms with Crippen molar-refractivity contribution in [2.24, 2.45) is 0 Å². The fraction of sp³-hybridized carbons (Fsp3) is 0.333. The highest BCUT2D eigenvalue weighted by molar-refractivity contribution is 6.42. The highest BCUT2D eigenvalue weighted by Crippen LogP contribution is 2.61. The smallest absolute Gasteiger partial charge is 0.231 e. The van der Waals surface area contributed by atoms with Crippen molar-refractivity contribution >= 4 is 23.2 Å². The minimum atomic E-state index is 0.194. The van der Waals surface area contributed by atoms with Gasteiger partial charge in [-0.3, -0.25) is 0 Å². The molecule has 2 aromatic carbocycles. The summed E-state index contributed by atoms with van der Waals surface area (Å²) in [6, 6.07) is 7.79. The summed E-state index contributed by atoms with van der Waals surface area (Å²) >= 11 is 12.2. The fourth-order valence-electron chi connectivity index (χ4n) is 3.34. The lowest BCUT2D eigenvalue weighted by atomic mass is 10.0. The fourth-order valence-corrected chi connectivity index (χ4v) is 3.64. The second-order valence-electron chi connectivity index (χ2n) is 5.89. The van der Waals surface area contributed by atoms with Gasteiger partial charge < -0.3 is 18.9 Å². The van der Waals surface area contributed by atoms with Crippen LogP contribution in [0.4, 0.5) is 0 Å². The molecule has 2 atom stereocenters. The number of ether oxygens (including phenoxy) is 4. The zero-order chi connectivity index (χ0) is 16.8. The SMILES string of the molecule is COc1c(C2CC2c2ccc(Cl)c(Cl)c2)cc2c(c1OC)OCO2. The van der Waals surface area contributed by atoms with Crippen LogP contribution in [-0.4, -0.2) is 21.0 Å². The Morgan fingerprint density at radius 2 is 1.75 bits per heavy atom. The first-order valence-corrected chi connectivity index (χ1v) is 8.39. The van der Waals surface area contributed by atoms with E-state index in [4.69, 9.17) is 42.1 Å². The maximum atomic E-state index is 6.15. The number of halogens is 2. The van der Waals surface area contributed by atoms with Crippen molar-refractivity contribution < 1.29 is 18.9 Å². The van der Waals surface area contributed by atoms with Gasteiger partial charge in [-0.05, 0) is 42.0 Å². The third-order valence-corrected chi connectivity index (χ3v) is 5.31. The molecule has 0 bridgehead atoms. The number of rotatable bonds is 4. The Labute approximate surface area is 150 Å². The average Bonchev–Trinajstić information content (AvgIpc) is 3.24. The van der Waals surface area contributed by atoms with Gasteiger partial charge in [0.15, 0.2) is 11.5 Å². The van der Waals surface area contributed by atoms with E-state index in [1.54, 1.807) is 14.2 Å². The molecular weight excluding hydrogens is 351 g/mol. The van der Waals surface area contributed by atoms with Gasteiger partial charge in [-0.2, -0.15) is 0 Å². The molecule has 4 nitrogen and oxygen atoms in total. The van der Waals surface area contributed by atoms with Crippen LogP contribution in [0.3, 0.4) is 0 Å². The van der Waals surface area contributed by atoms with Gasteiger partial charge in [0.2, 0.25) is 18.3 Å². The monoisotopic (exact) mass is 366 g/mol. The van der Waals surface area contributed by atoms with Gasteiger partial charge in [0, 0.05) is 5.56 Å². The highest BCUT2D eigenvalue weighted by Gasteiger charge is 2.43. The first-order chi connectivity index (χ1) is 11.6. The van der Waals surface area contributed by atoms with Gasteiger partial charge in [-0.1, -0.05) is 29.3 Å². The second-order valence-corrected chi connectivity index (χ2v) is 6.70. The number of hydrogen-bond acceptors (Lipinski definition) is 4. The molecule has 1 aliphatic heterocycles. The van der Waals surface area contributed by atoms with E-state index in [0.29, 0.717) is 44.9 Å². The molecule has 126 valence electrons. The molecule has 1 aliphatic carbocycles. The minimum Gasteiger partial charge on any atom is -0.492 e. The van der Waals surface area contributed by atoms with Crippen LogP contribution in [0.15, 0.2) is 24.3 Å². The Bertz CT molecular complexity index is 806. The molecule has 1 saturated carbocycles. The molecule has 1 fully saturated rings. The quantitative estimate of drug-likeness (QED) is 0.761. The van der Waals surface area contributed by atoms with Crippen molar-refractivity contribution in [3.63, 3.8) is 0 Å². The van der Waals surface area contributed by atoms with Crippen LogP contribution in [0.5, 0.6) is 23.0 Å². The number of methoxy groups -OCH3 is 2. The summed E-state index contributed by atoms with van der Waals surface area (Å²) in [6.45, 7) is 0.194. The van der Waals surface area contributed by atoms with E-state index in [2.05, 4.69) is 0 Å². The normalized spacial score (nSPS) is 20.8. The Balaban J connectivity index is 1.71. The molecule has 0 radical (unpaired) electrons. The van der Waals surface area contributed by atoms with E-state index >= 15 is 0 Å². The van der Waals surface area contributed by atoms with Gasteiger partial charge in [0.25, 0.3) is 0 Å². The van der Waals surface area contributed by atoms with Crippen molar-refractivity contribution in [2.45, 2.75) is 18.3 Å². The molecule has 4 rings (SSSR count). The van der Waals surface area contributed by atoms with Crippen molar-refractivity contribution in [2.75, 3.05) is 21.0 Å². The van der Waals surface area contributed by atoms with Crippen LogP contribution >= 0.6 is 23.2 Å². The molecule has 0 N–H and O–H groups in total. The summed E-state index contributed by atoms with van der Waals surface area (Å²) in [5.74, 6) is 3.28. The highest BCUT2D eigenvalue weighted by atomic mass is 35.5. The lowest BCUT2D eigenvalue weighted by Crippen LogP contribution is -1.97. The molecule has 2 aromatic rings. The summed E-state index contributed by atoms with van der Waals surface area (Å²) in [6.07, 6.45) is 1.01. The maximum absolute atomic E-state index is 6.15. The van der Waals surface area contributed by atoms with Crippen LogP contribution in [0.2, 0.25) is 10.0 Å². The Morgan fingerprint density at radius 3 is 2.46 bits per heavy atom. The molecule has 2 aliphatic rings. The van der Waals surface area contributed by atoms with Crippen molar-refractivity contribution in [3.8, 4) is 23.0 Å². The van der Waals surface area contributed by atoms with E-state index in [1.807, 2.05) is 24.3 Å². The molecule has 1 heterocycles. The van der Waals surface area contributed by atoms with E-state index in [0.717, 1.165) is 12.0 Å². The van der Waals surface area contributed by atoms with Gasteiger partial charge in [0.1, 0.15) is 0 Å². The van der Waals surface area contributed by atoms with Gasteiger partial charge in [-0.15, -0.1) is 0 Å². The summed E-state index contributed by atoms with van der Waals surface area (Å²) in [7, 11) is 3.24. The van der Waals surface area contributed by atoms with Gasteiger partial charge in [0.05, 0.1) is 24.3 Å². The van der Waals surface area contributed by atoms with Crippen LogP contribution in [0, 0.1) is 0 Å². The van der Waals surface area contributed by atoms with Crippen molar-refractivity contribution in [1.82, 2.24) is 0 Å². The Kier molecular flexibility index (Phi) is 3.89. The Hall–Kier alpha value is -1.78. The summed E-state index contributed by atoms with van der Waals surface area (Å²) < 4.78 is 22.2.